The van der Waals surface area contributed by atoms with Gasteiger partial charge in [0.15, 0.2) is 0 Å². The first-order valence-electron chi connectivity index (χ1n) is 8.75. The molecule has 0 atom stereocenters. The van der Waals surface area contributed by atoms with Crippen LogP contribution < -0.4 is 0 Å². The Morgan fingerprint density at radius 3 is 2.12 bits per heavy atom. The zero-order valence-corrected chi connectivity index (χ0v) is 14.1. The van der Waals surface area contributed by atoms with Crippen LogP contribution in [0.2, 0.25) is 0 Å². The molecule has 2 fully saturated rings. The third-order valence-corrected chi connectivity index (χ3v) is 4.83. The second-order valence-corrected chi connectivity index (χ2v) is 6.48. The summed E-state index contributed by atoms with van der Waals surface area (Å²) in [6.45, 7) is 9.28. The van der Waals surface area contributed by atoms with E-state index in [9.17, 15) is 9.18 Å². The fourth-order valence-corrected chi connectivity index (χ4v) is 3.22. The maximum Gasteiger partial charge on any atom is 0.227 e. The van der Waals surface area contributed by atoms with Crippen LogP contribution in [0.5, 0.6) is 0 Å². The van der Waals surface area contributed by atoms with E-state index in [0.717, 1.165) is 71.1 Å². The Hall–Kier alpha value is -1.50. The minimum Gasteiger partial charge on any atom is -0.379 e. The summed E-state index contributed by atoms with van der Waals surface area (Å²) in [6.07, 6.45) is 0.355. The first-order valence-corrected chi connectivity index (χ1v) is 8.75. The van der Waals surface area contributed by atoms with Gasteiger partial charge in [-0.05, 0) is 17.7 Å². The number of amides is 1. The summed E-state index contributed by atoms with van der Waals surface area (Å²) in [7, 11) is 0. The number of benzene rings is 1. The molecule has 0 spiro atoms. The third kappa shape index (κ3) is 5.00. The predicted molar refractivity (Wildman–Crippen MR) is 90.4 cm³/mol. The third-order valence-electron chi connectivity index (χ3n) is 4.83. The molecule has 1 amide bonds. The topological polar surface area (TPSA) is 36.0 Å². The fourth-order valence-electron chi connectivity index (χ4n) is 3.22. The van der Waals surface area contributed by atoms with Gasteiger partial charge in [-0.1, -0.05) is 12.1 Å². The Morgan fingerprint density at radius 2 is 1.50 bits per heavy atom. The van der Waals surface area contributed by atoms with Gasteiger partial charge in [0, 0.05) is 52.4 Å². The van der Waals surface area contributed by atoms with Crippen LogP contribution in [0.25, 0.3) is 0 Å². The van der Waals surface area contributed by atoms with Crippen molar-refractivity contribution in [3.8, 4) is 0 Å². The number of hydrogen-bond acceptors (Lipinski definition) is 4. The van der Waals surface area contributed by atoms with Crippen LogP contribution in [-0.2, 0) is 16.0 Å². The highest BCUT2D eigenvalue weighted by atomic mass is 19.1. The van der Waals surface area contributed by atoms with Crippen molar-refractivity contribution in [1.29, 1.82) is 0 Å². The van der Waals surface area contributed by atoms with Crippen molar-refractivity contribution in [2.45, 2.75) is 6.42 Å². The van der Waals surface area contributed by atoms with Gasteiger partial charge in [-0.15, -0.1) is 0 Å². The molecule has 0 radical (unpaired) electrons. The van der Waals surface area contributed by atoms with Crippen molar-refractivity contribution in [2.24, 2.45) is 0 Å². The lowest BCUT2D eigenvalue weighted by atomic mass is 10.1. The van der Waals surface area contributed by atoms with Crippen LogP contribution in [0.1, 0.15) is 5.56 Å². The van der Waals surface area contributed by atoms with E-state index in [1.165, 1.54) is 12.1 Å². The molecule has 24 heavy (non-hydrogen) atoms. The second kappa shape index (κ2) is 8.55. The molecule has 0 bridgehead atoms. The summed E-state index contributed by atoms with van der Waals surface area (Å²) in [5.74, 6) is -0.130. The average Bonchev–Trinajstić information content (AvgIpc) is 2.63. The Balaban J connectivity index is 1.38. The van der Waals surface area contributed by atoms with Gasteiger partial charge < -0.3 is 9.64 Å². The molecule has 2 aliphatic rings. The van der Waals surface area contributed by atoms with Crippen LogP contribution in [0.3, 0.4) is 0 Å². The number of rotatable bonds is 5. The summed E-state index contributed by atoms with van der Waals surface area (Å²) < 4.78 is 18.3. The zero-order valence-electron chi connectivity index (χ0n) is 14.1. The van der Waals surface area contributed by atoms with E-state index in [1.807, 2.05) is 4.90 Å². The normalized spacial score (nSPS) is 20.3. The van der Waals surface area contributed by atoms with Crippen LogP contribution >= 0.6 is 0 Å². The average molecular weight is 335 g/mol. The molecule has 2 heterocycles. The number of ether oxygens (including phenoxy) is 1. The van der Waals surface area contributed by atoms with Gasteiger partial charge in [-0.25, -0.2) is 4.39 Å². The highest BCUT2D eigenvalue weighted by molar-refractivity contribution is 5.78. The molecule has 3 rings (SSSR count). The number of piperazine rings is 1. The van der Waals surface area contributed by atoms with E-state index in [4.69, 9.17) is 4.74 Å². The minimum absolute atomic E-state index is 0.134. The molecule has 1 aromatic rings. The van der Waals surface area contributed by atoms with Crippen LogP contribution in [0.15, 0.2) is 24.3 Å². The highest BCUT2D eigenvalue weighted by Gasteiger charge is 2.21. The molecule has 2 aliphatic heterocycles. The summed E-state index contributed by atoms with van der Waals surface area (Å²) >= 11 is 0. The van der Waals surface area contributed by atoms with Crippen molar-refractivity contribution < 1.29 is 13.9 Å². The fraction of sp³-hybridized carbons (Fsp3) is 0.611. The zero-order chi connectivity index (χ0) is 16.8. The summed E-state index contributed by atoms with van der Waals surface area (Å²) in [4.78, 5) is 19.1. The lowest BCUT2D eigenvalue weighted by molar-refractivity contribution is -0.132. The molecular formula is C18H26FN3O2. The smallest absolute Gasteiger partial charge is 0.227 e. The van der Waals surface area contributed by atoms with Gasteiger partial charge in [0.2, 0.25) is 5.91 Å². The van der Waals surface area contributed by atoms with Gasteiger partial charge >= 0.3 is 0 Å². The van der Waals surface area contributed by atoms with Gasteiger partial charge in [0.05, 0.1) is 19.6 Å². The van der Waals surface area contributed by atoms with E-state index >= 15 is 0 Å². The molecule has 132 valence electrons. The van der Waals surface area contributed by atoms with Crippen LogP contribution in [0, 0.1) is 5.82 Å². The van der Waals surface area contributed by atoms with E-state index in [1.54, 1.807) is 12.1 Å². The molecule has 0 unspecified atom stereocenters. The Labute approximate surface area is 143 Å². The lowest BCUT2D eigenvalue weighted by Gasteiger charge is -2.36. The molecule has 2 saturated heterocycles. The standard InChI is InChI=1S/C18H26FN3O2/c19-17-3-1-16(2-4-17)15-18(23)22-9-7-20(8-10-22)5-6-21-11-13-24-14-12-21/h1-4H,5-15H2. The molecule has 0 aliphatic carbocycles. The van der Waals surface area contributed by atoms with Gasteiger partial charge in [0.1, 0.15) is 5.82 Å². The summed E-state index contributed by atoms with van der Waals surface area (Å²) in [5, 5.41) is 0. The van der Waals surface area contributed by atoms with Crippen molar-refractivity contribution in [1.82, 2.24) is 14.7 Å². The van der Waals surface area contributed by atoms with E-state index in [2.05, 4.69) is 9.80 Å². The van der Waals surface area contributed by atoms with Crippen molar-refractivity contribution in [3.63, 3.8) is 0 Å². The number of halogens is 1. The maximum absolute atomic E-state index is 12.9. The number of morpholine rings is 1. The molecule has 0 N–H and O–H groups in total. The number of nitrogens with zero attached hydrogens (tertiary/aromatic N) is 3. The van der Waals surface area contributed by atoms with Crippen LogP contribution in [0.4, 0.5) is 4.39 Å². The van der Waals surface area contributed by atoms with Crippen molar-refractivity contribution in [2.75, 3.05) is 65.6 Å². The molecule has 6 heteroatoms. The highest BCUT2D eigenvalue weighted by Crippen LogP contribution is 2.08. The van der Waals surface area contributed by atoms with Gasteiger partial charge in [-0.2, -0.15) is 0 Å². The van der Waals surface area contributed by atoms with Gasteiger partial charge in [0.25, 0.3) is 0 Å². The minimum atomic E-state index is -0.264. The second-order valence-electron chi connectivity index (χ2n) is 6.48. The monoisotopic (exact) mass is 335 g/mol. The molecule has 0 aromatic heterocycles. The molecule has 1 aromatic carbocycles. The van der Waals surface area contributed by atoms with Crippen molar-refractivity contribution in [3.05, 3.63) is 35.6 Å². The largest absolute Gasteiger partial charge is 0.379 e. The number of carbonyl (C=O) groups is 1. The molecule has 0 saturated carbocycles. The Morgan fingerprint density at radius 1 is 0.917 bits per heavy atom. The van der Waals surface area contributed by atoms with E-state index in [0.29, 0.717) is 6.42 Å². The first kappa shape index (κ1) is 17.3. The van der Waals surface area contributed by atoms with E-state index < -0.39 is 0 Å². The maximum atomic E-state index is 12.9. The molecule has 5 nitrogen and oxygen atoms in total. The van der Waals surface area contributed by atoms with Crippen LogP contribution in [-0.4, -0.2) is 86.2 Å². The molecular weight excluding hydrogens is 309 g/mol. The van der Waals surface area contributed by atoms with Gasteiger partial charge in [-0.3, -0.25) is 14.6 Å². The summed E-state index contributed by atoms with van der Waals surface area (Å²) in [5.41, 5.74) is 0.871. The lowest BCUT2D eigenvalue weighted by Crippen LogP contribution is -2.51. The SMILES string of the molecule is O=C(Cc1ccc(F)cc1)N1CCN(CCN2CCOCC2)CC1. The first-order chi connectivity index (χ1) is 11.7. The Kier molecular flexibility index (Phi) is 6.18. The number of carbonyl (C=O) groups excluding carboxylic acids is 1. The Bertz CT molecular complexity index is 524. The quantitative estimate of drug-likeness (QED) is 0.799. The summed E-state index contributed by atoms with van der Waals surface area (Å²) in [6, 6.07) is 6.19. The van der Waals surface area contributed by atoms with Crippen molar-refractivity contribution >= 4 is 5.91 Å². The van der Waals surface area contributed by atoms with E-state index in [-0.39, 0.29) is 11.7 Å². The predicted octanol–water partition coefficient (Wildman–Crippen LogP) is 0.845. The number of hydrogen-bond donors (Lipinski definition) is 0.